The zero-order valence-electron chi connectivity index (χ0n) is 10.4. The van der Waals surface area contributed by atoms with E-state index in [1.807, 2.05) is 0 Å². The molecular weight excluding hydrogens is 258 g/mol. The number of carbonyl (C=O) groups is 2. The van der Waals surface area contributed by atoms with Crippen molar-refractivity contribution in [2.45, 2.75) is 18.4 Å². The molecule has 0 aromatic rings. The van der Waals surface area contributed by atoms with Crippen LogP contribution in [0.4, 0.5) is 0 Å². The molecule has 0 aliphatic carbocycles. The number of aliphatic hydroxyl groups is 1. The number of carboxylic acid groups (broad SMARTS) is 1. The molecule has 18 heavy (non-hydrogen) atoms. The monoisotopic (exact) mass is 277 g/mol. The Morgan fingerprint density at radius 1 is 1.33 bits per heavy atom. The molecule has 0 bridgehead atoms. The fraction of sp³-hybridized carbons (Fsp3) is 0.818. The number of hydrogen-bond donors (Lipinski definition) is 2. The molecule has 1 aliphatic heterocycles. The Hall–Kier alpha value is -0.790. The first-order valence-electron chi connectivity index (χ1n) is 5.76. The average Bonchev–Trinajstić information content (AvgIpc) is 2.28. The van der Waals surface area contributed by atoms with E-state index in [0.717, 1.165) is 11.8 Å². The van der Waals surface area contributed by atoms with Crippen LogP contribution in [0, 0.1) is 0 Å². The zero-order chi connectivity index (χ0) is 13.6. The molecule has 1 amide bonds. The summed E-state index contributed by atoms with van der Waals surface area (Å²) in [5.74, 6) is -1.06. The Kier molecular flexibility index (Phi) is 5.90. The molecular formula is C11H19NO5S. The van der Waals surface area contributed by atoms with E-state index in [1.165, 1.54) is 4.90 Å². The molecule has 0 spiro atoms. The Labute approximate surface area is 110 Å². The van der Waals surface area contributed by atoms with Gasteiger partial charge in [0.05, 0.1) is 17.1 Å². The van der Waals surface area contributed by atoms with Crippen LogP contribution >= 0.6 is 11.8 Å². The summed E-state index contributed by atoms with van der Waals surface area (Å²) in [4.78, 5) is 23.5. The van der Waals surface area contributed by atoms with E-state index in [-0.39, 0.29) is 24.0 Å². The van der Waals surface area contributed by atoms with E-state index in [2.05, 4.69) is 0 Å². The number of rotatable bonds is 6. The molecule has 0 saturated carbocycles. The number of carbonyl (C=O) groups excluding carboxylic acids is 1. The van der Waals surface area contributed by atoms with Gasteiger partial charge in [-0.3, -0.25) is 9.59 Å². The normalized spacial score (nSPS) is 18.3. The number of ether oxygens (including phenoxy) is 1. The minimum Gasteiger partial charge on any atom is -0.481 e. The highest BCUT2D eigenvalue weighted by atomic mass is 32.2. The van der Waals surface area contributed by atoms with Crippen molar-refractivity contribution < 1.29 is 24.5 Å². The molecule has 0 aromatic heterocycles. The van der Waals surface area contributed by atoms with Gasteiger partial charge in [-0.1, -0.05) is 0 Å². The van der Waals surface area contributed by atoms with Crippen LogP contribution in [0.2, 0.25) is 0 Å². The quantitative estimate of drug-likeness (QED) is 0.699. The fourth-order valence-corrected chi connectivity index (χ4v) is 2.45. The second-order valence-corrected chi connectivity index (χ2v) is 5.46. The summed E-state index contributed by atoms with van der Waals surface area (Å²) in [7, 11) is 1.62. The Balaban J connectivity index is 2.32. The number of likely N-dealkylation sites (N-methyl/N-ethyl adjacent to an activating group) is 1. The maximum absolute atomic E-state index is 11.7. The summed E-state index contributed by atoms with van der Waals surface area (Å²) in [6, 6.07) is 0. The Morgan fingerprint density at radius 3 is 2.50 bits per heavy atom. The van der Waals surface area contributed by atoms with Gasteiger partial charge in [0, 0.05) is 39.6 Å². The van der Waals surface area contributed by atoms with Crippen molar-refractivity contribution in [1.82, 2.24) is 4.90 Å². The van der Waals surface area contributed by atoms with Gasteiger partial charge in [0.25, 0.3) is 0 Å². The topological polar surface area (TPSA) is 87.1 Å². The van der Waals surface area contributed by atoms with E-state index in [4.69, 9.17) is 9.84 Å². The average molecular weight is 277 g/mol. The smallest absolute Gasteiger partial charge is 0.313 e. The molecule has 1 aliphatic rings. The first-order chi connectivity index (χ1) is 8.43. The largest absolute Gasteiger partial charge is 0.481 e. The van der Waals surface area contributed by atoms with Crippen molar-refractivity contribution in [2.75, 3.05) is 38.3 Å². The molecule has 1 fully saturated rings. The number of thioether (sulfide) groups is 1. The summed E-state index contributed by atoms with van der Waals surface area (Å²) < 4.78 is 5.17. The van der Waals surface area contributed by atoms with Gasteiger partial charge >= 0.3 is 5.97 Å². The van der Waals surface area contributed by atoms with Crippen molar-refractivity contribution in [3.8, 4) is 0 Å². The number of carboxylic acids is 1. The van der Waals surface area contributed by atoms with Crippen LogP contribution in [0.3, 0.4) is 0 Å². The third kappa shape index (κ3) is 5.24. The molecule has 0 radical (unpaired) electrons. The lowest BCUT2D eigenvalue weighted by molar-refractivity contribution is -0.134. The summed E-state index contributed by atoms with van der Waals surface area (Å²) in [6.07, 6.45) is 1.04. The standard InChI is InChI=1S/C11H19NO5S/c1-12(9(13)6-18-7-10(14)15)8-11(16)2-4-17-5-3-11/h16H,2-8H2,1H3,(H,14,15). The number of aliphatic carboxylic acids is 1. The van der Waals surface area contributed by atoms with Gasteiger partial charge in [-0.15, -0.1) is 11.8 Å². The van der Waals surface area contributed by atoms with Crippen LogP contribution in [-0.4, -0.2) is 70.9 Å². The summed E-state index contributed by atoms with van der Waals surface area (Å²) >= 11 is 1.06. The summed E-state index contributed by atoms with van der Waals surface area (Å²) in [5.41, 5.74) is -0.875. The molecule has 1 heterocycles. The summed E-state index contributed by atoms with van der Waals surface area (Å²) in [6.45, 7) is 1.28. The minimum absolute atomic E-state index is 0.0856. The van der Waals surface area contributed by atoms with Gasteiger partial charge < -0.3 is 19.8 Å². The van der Waals surface area contributed by atoms with Gasteiger partial charge in [-0.2, -0.15) is 0 Å². The fourth-order valence-electron chi connectivity index (χ4n) is 1.77. The Bertz CT molecular complexity index is 304. The third-order valence-electron chi connectivity index (χ3n) is 2.83. The molecule has 104 valence electrons. The van der Waals surface area contributed by atoms with Crippen molar-refractivity contribution in [1.29, 1.82) is 0 Å². The van der Waals surface area contributed by atoms with Crippen LogP contribution < -0.4 is 0 Å². The Morgan fingerprint density at radius 2 is 1.94 bits per heavy atom. The van der Waals surface area contributed by atoms with E-state index in [1.54, 1.807) is 7.05 Å². The van der Waals surface area contributed by atoms with Crippen LogP contribution in [-0.2, 0) is 14.3 Å². The highest BCUT2D eigenvalue weighted by Gasteiger charge is 2.32. The lowest BCUT2D eigenvalue weighted by Crippen LogP contribution is -2.47. The van der Waals surface area contributed by atoms with Gasteiger partial charge in [-0.25, -0.2) is 0 Å². The summed E-state index contributed by atoms with van der Waals surface area (Å²) in [5, 5.41) is 18.7. The minimum atomic E-state index is -0.932. The molecule has 0 atom stereocenters. The number of hydrogen-bond acceptors (Lipinski definition) is 5. The second kappa shape index (κ2) is 6.96. The van der Waals surface area contributed by atoms with E-state index < -0.39 is 11.6 Å². The van der Waals surface area contributed by atoms with Gasteiger partial charge in [0.15, 0.2) is 0 Å². The van der Waals surface area contributed by atoms with Crippen LogP contribution in [0.5, 0.6) is 0 Å². The number of nitrogens with zero attached hydrogens (tertiary/aromatic N) is 1. The predicted molar refractivity (Wildman–Crippen MR) is 67.6 cm³/mol. The lowest BCUT2D eigenvalue weighted by Gasteiger charge is -2.35. The van der Waals surface area contributed by atoms with Crippen molar-refractivity contribution >= 4 is 23.6 Å². The maximum Gasteiger partial charge on any atom is 0.313 e. The number of amides is 1. The van der Waals surface area contributed by atoms with Gasteiger partial charge in [0.2, 0.25) is 5.91 Å². The van der Waals surface area contributed by atoms with Crippen molar-refractivity contribution in [2.24, 2.45) is 0 Å². The first kappa shape index (κ1) is 15.3. The SMILES string of the molecule is CN(CC1(O)CCOCC1)C(=O)CSCC(=O)O. The highest BCUT2D eigenvalue weighted by molar-refractivity contribution is 8.00. The van der Waals surface area contributed by atoms with Crippen LogP contribution in [0.15, 0.2) is 0 Å². The van der Waals surface area contributed by atoms with E-state index in [0.29, 0.717) is 26.1 Å². The van der Waals surface area contributed by atoms with Crippen molar-refractivity contribution in [3.63, 3.8) is 0 Å². The second-order valence-electron chi connectivity index (χ2n) is 4.47. The van der Waals surface area contributed by atoms with E-state index >= 15 is 0 Å². The molecule has 6 nitrogen and oxygen atoms in total. The third-order valence-corrected chi connectivity index (χ3v) is 3.73. The molecule has 2 N–H and O–H groups in total. The molecule has 1 saturated heterocycles. The van der Waals surface area contributed by atoms with Gasteiger partial charge in [0.1, 0.15) is 0 Å². The maximum atomic E-state index is 11.7. The highest BCUT2D eigenvalue weighted by Crippen LogP contribution is 2.21. The van der Waals surface area contributed by atoms with E-state index in [9.17, 15) is 14.7 Å². The van der Waals surface area contributed by atoms with Crippen LogP contribution in [0.1, 0.15) is 12.8 Å². The zero-order valence-corrected chi connectivity index (χ0v) is 11.2. The molecule has 7 heteroatoms. The van der Waals surface area contributed by atoms with Crippen LogP contribution in [0.25, 0.3) is 0 Å². The predicted octanol–water partition coefficient (Wildman–Crippen LogP) is -0.196. The van der Waals surface area contributed by atoms with Gasteiger partial charge in [-0.05, 0) is 0 Å². The van der Waals surface area contributed by atoms with Crippen molar-refractivity contribution in [3.05, 3.63) is 0 Å². The first-order valence-corrected chi connectivity index (χ1v) is 6.92. The molecule has 0 unspecified atom stereocenters. The molecule has 1 rings (SSSR count). The lowest BCUT2D eigenvalue weighted by atomic mass is 9.94. The molecule has 0 aromatic carbocycles.